The van der Waals surface area contributed by atoms with E-state index in [0.29, 0.717) is 6.61 Å². The number of benzene rings is 1. The molecule has 21 heavy (non-hydrogen) atoms. The average molecular weight is 291 g/mol. The summed E-state index contributed by atoms with van der Waals surface area (Å²) >= 11 is 0. The molecule has 2 rings (SSSR count). The second kappa shape index (κ2) is 7.56. The summed E-state index contributed by atoms with van der Waals surface area (Å²) in [6, 6.07) is 8.63. The fourth-order valence-electron chi connectivity index (χ4n) is 1.85. The van der Waals surface area contributed by atoms with Crippen LogP contribution in [-0.2, 0) is 25.6 Å². The van der Waals surface area contributed by atoms with Crippen molar-refractivity contribution in [1.82, 2.24) is 5.32 Å². The monoisotopic (exact) mass is 291 g/mol. The minimum Gasteiger partial charge on any atom is -0.445 e. The Balaban J connectivity index is 1.87. The van der Waals surface area contributed by atoms with Crippen LogP contribution in [0.3, 0.4) is 0 Å². The number of amides is 1. The van der Waals surface area contributed by atoms with Crippen LogP contribution in [0.2, 0.25) is 0 Å². The number of rotatable bonds is 6. The Morgan fingerprint density at radius 1 is 1.43 bits per heavy atom. The topological polar surface area (TPSA) is 73.9 Å². The predicted molar refractivity (Wildman–Crippen MR) is 74.4 cm³/mol. The molecule has 0 bridgehead atoms. The van der Waals surface area contributed by atoms with E-state index in [0.717, 1.165) is 5.56 Å². The summed E-state index contributed by atoms with van der Waals surface area (Å²) in [6.07, 6.45) is -0.0725. The van der Waals surface area contributed by atoms with Crippen LogP contribution < -0.4 is 5.32 Å². The largest absolute Gasteiger partial charge is 0.445 e. The number of carbonyl (C=O) groups excluding carboxylic acids is 2. The molecule has 2 unspecified atom stereocenters. The zero-order chi connectivity index (χ0) is 15.1. The molecular weight excluding hydrogens is 274 g/mol. The van der Waals surface area contributed by atoms with Crippen molar-refractivity contribution in [2.75, 3.05) is 13.2 Å². The normalized spacial score (nSPS) is 21.0. The molecule has 1 aromatic rings. The quantitative estimate of drug-likeness (QED) is 0.802. The lowest BCUT2D eigenvalue weighted by Gasteiger charge is -2.18. The number of alkyl carbamates (subject to hydrolysis) is 1. The minimum atomic E-state index is -0.856. The molecule has 0 spiro atoms. The number of Topliss-reactive ketones (excluding diaryl/α,β-unsaturated/α-hetero) is 1. The highest BCUT2D eigenvalue weighted by atomic mass is 16.7. The average Bonchev–Trinajstić information content (AvgIpc) is 2.85. The van der Waals surface area contributed by atoms with E-state index in [4.69, 9.17) is 14.2 Å². The lowest BCUT2D eigenvalue weighted by atomic mass is 10.2. The first-order valence-corrected chi connectivity index (χ1v) is 6.54. The van der Waals surface area contributed by atoms with Crippen LogP contribution in [0, 0.1) is 0 Å². The molecule has 1 N–H and O–H groups in total. The van der Waals surface area contributed by atoms with Crippen molar-refractivity contribution in [2.45, 2.75) is 18.9 Å². The van der Waals surface area contributed by atoms with E-state index in [-0.39, 0.29) is 19.0 Å². The maximum Gasteiger partial charge on any atom is 0.408 e. The molecule has 0 aliphatic carbocycles. The summed E-state index contributed by atoms with van der Waals surface area (Å²) in [5.41, 5.74) is 0.952. The van der Waals surface area contributed by atoms with Crippen LogP contribution >= 0.6 is 0 Å². The van der Waals surface area contributed by atoms with Crippen LogP contribution in [-0.4, -0.2) is 37.4 Å². The number of carbonyl (C=O) groups is 2. The fraction of sp³-hybridized carbons (Fsp3) is 0.333. The van der Waals surface area contributed by atoms with E-state index in [1.807, 2.05) is 30.3 Å². The fourth-order valence-corrected chi connectivity index (χ4v) is 1.85. The molecule has 0 saturated carbocycles. The Labute approximate surface area is 122 Å². The van der Waals surface area contributed by atoms with Gasteiger partial charge < -0.3 is 19.5 Å². The Bertz CT molecular complexity index is 502. The third kappa shape index (κ3) is 4.40. The molecule has 1 aliphatic heterocycles. The third-order valence-corrected chi connectivity index (χ3v) is 2.87. The van der Waals surface area contributed by atoms with Gasteiger partial charge in [-0.3, -0.25) is 4.79 Å². The SMILES string of the molecule is C=CCOC(=O)NC1C(=O)COC1OCc1ccccc1. The van der Waals surface area contributed by atoms with E-state index in [9.17, 15) is 9.59 Å². The van der Waals surface area contributed by atoms with Gasteiger partial charge in [-0.05, 0) is 5.56 Å². The van der Waals surface area contributed by atoms with Crippen molar-refractivity contribution < 1.29 is 23.8 Å². The number of ether oxygens (including phenoxy) is 3. The van der Waals surface area contributed by atoms with E-state index >= 15 is 0 Å². The highest BCUT2D eigenvalue weighted by molar-refractivity contribution is 5.90. The van der Waals surface area contributed by atoms with Gasteiger partial charge in [-0.2, -0.15) is 0 Å². The molecule has 2 atom stereocenters. The van der Waals surface area contributed by atoms with Crippen LogP contribution in [0.4, 0.5) is 4.79 Å². The zero-order valence-corrected chi connectivity index (χ0v) is 11.5. The van der Waals surface area contributed by atoms with E-state index in [1.165, 1.54) is 6.08 Å². The van der Waals surface area contributed by atoms with Gasteiger partial charge in [-0.25, -0.2) is 4.79 Å². The Morgan fingerprint density at radius 2 is 2.19 bits per heavy atom. The molecule has 1 heterocycles. The lowest BCUT2D eigenvalue weighted by molar-refractivity contribution is -0.128. The number of hydrogen-bond donors (Lipinski definition) is 1. The van der Waals surface area contributed by atoms with Gasteiger partial charge in [0.2, 0.25) is 0 Å². The second-order valence-corrected chi connectivity index (χ2v) is 4.45. The molecule has 1 saturated heterocycles. The molecule has 6 heteroatoms. The van der Waals surface area contributed by atoms with Crippen molar-refractivity contribution in [1.29, 1.82) is 0 Å². The zero-order valence-electron chi connectivity index (χ0n) is 11.5. The summed E-state index contributed by atoms with van der Waals surface area (Å²) in [7, 11) is 0. The number of hydrogen-bond acceptors (Lipinski definition) is 5. The first-order chi connectivity index (χ1) is 10.2. The molecule has 0 aromatic heterocycles. The molecule has 6 nitrogen and oxygen atoms in total. The van der Waals surface area contributed by atoms with E-state index in [1.54, 1.807) is 0 Å². The smallest absolute Gasteiger partial charge is 0.408 e. The van der Waals surface area contributed by atoms with Crippen molar-refractivity contribution in [3.63, 3.8) is 0 Å². The van der Waals surface area contributed by atoms with Crippen LogP contribution in [0.1, 0.15) is 5.56 Å². The third-order valence-electron chi connectivity index (χ3n) is 2.87. The van der Waals surface area contributed by atoms with Gasteiger partial charge in [0.15, 0.2) is 12.1 Å². The van der Waals surface area contributed by atoms with Gasteiger partial charge in [0.1, 0.15) is 19.3 Å². The first-order valence-electron chi connectivity index (χ1n) is 6.54. The Hall–Kier alpha value is -2.18. The van der Waals surface area contributed by atoms with Crippen molar-refractivity contribution >= 4 is 11.9 Å². The molecule has 1 aromatic carbocycles. The number of nitrogens with one attached hydrogen (secondary N) is 1. The summed E-state index contributed by atoms with van der Waals surface area (Å²) in [6.45, 7) is 3.71. The Kier molecular flexibility index (Phi) is 5.48. The second-order valence-electron chi connectivity index (χ2n) is 4.45. The summed E-state index contributed by atoms with van der Waals surface area (Å²) in [5.74, 6) is -0.247. The molecule has 1 fully saturated rings. The maximum absolute atomic E-state index is 11.7. The Morgan fingerprint density at radius 3 is 2.90 bits per heavy atom. The highest BCUT2D eigenvalue weighted by Gasteiger charge is 2.38. The van der Waals surface area contributed by atoms with Gasteiger partial charge in [0.25, 0.3) is 0 Å². The van der Waals surface area contributed by atoms with Gasteiger partial charge in [-0.15, -0.1) is 0 Å². The minimum absolute atomic E-state index is 0.0726. The first kappa shape index (κ1) is 15.2. The lowest BCUT2D eigenvalue weighted by Crippen LogP contribution is -2.45. The van der Waals surface area contributed by atoms with Crippen LogP contribution in [0.15, 0.2) is 43.0 Å². The predicted octanol–water partition coefficient (Wildman–Crippen LogP) is 1.41. The maximum atomic E-state index is 11.7. The molecule has 1 amide bonds. The summed E-state index contributed by atoms with van der Waals surface area (Å²) in [4.78, 5) is 23.2. The molecule has 1 aliphatic rings. The summed E-state index contributed by atoms with van der Waals surface area (Å²) < 4.78 is 15.6. The van der Waals surface area contributed by atoms with E-state index < -0.39 is 18.4 Å². The van der Waals surface area contributed by atoms with Gasteiger partial charge in [0, 0.05) is 0 Å². The van der Waals surface area contributed by atoms with Crippen LogP contribution in [0.5, 0.6) is 0 Å². The van der Waals surface area contributed by atoms with Crippen molar-refractivity contribution in [3.05, 3.63) is 48.6 Å². The molecular formula is C15H17NO5. The molecule has 112 valence electrons. The van der Waals surface area contributed by atoms with Crippen molar-refractivity contribution in [2.24, 2.45) is 0 Å². The van der Waals surface area contributed by atoms with Crippen LogP contribution in [0.25, 0.3) is 0 Å². The molecule has 0 radical (unpaired) electrons. The number of ketones is 1. The van der Waals surface area contributed by atoms with Gasteiger partial charge >= 0.3 is 6.09 Å². The van der Waals surface area contributed by atoms with Gasteiger partial charge in [-0.1, -0.05) is 43.0 Å². The summed E-state index contributed by atoms with van der Waals surface area (Å²) in [5, 5.41) is 2.44. The highest BCUT2D eigenvalue weighted by Crippen LogP contribution is 2.14. The van der Waals surface area contributed by atoms with E-state index in [2.05, 4.69) is 11.9 Å². The van der Waals surface area contributed by atoms with Gasteiger partial charge in [0.05, 0.1) is 6.61 Å². The van der Waals surface area contributed by atoms with Crippen molar-refractivity contribution in [3.8, 4) is 0 Å². The standard InChI is InChI=1S/C15H17NO5/c1-2-8-19-15(18)16-13-12(17)10-21-14(13)20-9-11-6-4-3-5-7-11/h2-7,13-14H,1,8-10H2,(H,16,18).